The van der Waals surface area contributed by atoms with Crippen LogP contribution in [0.2, 0.25) is 0 Å². The lowest BCUT2D eigenvalue weighted by Gasteiger charge is -2.32. The van der Waals surface area contributed by atoms with Crippen molar-refractivity contribution in [2.45, 2.75) is 64.3 Å². The van der Waals surface area contributed by atoms with E-state index in [-0.39, 0.29) is 6.61 Å². The number of aromatic nitrogens is 1. The molecular weight excluding hydrogens is 410 g/mol. The minimum absolute atomic E-state index is 0.260. The number of ether oxygens (including phenoxy) is 2. The predicted molar refractivity (Wildman–Crippen MR) is 126 cm³/mol. The highest BCUT2D eigenvalue weighted by molar-refractivity contribution is 7.09. The Hall–Kier alpha value is -1.67. The highest BCUT2D eigenvalue weighted by Gasteiger charge is 2.20. The van der Waals surface area contributed by atoms with Crippen molar-refractivity contribution in [3.05, 3.63) is 39.8 Å². The van der Waals surface area contributed by atoms with Crippen LogP contribution in [0, 0.1) is 6.92 Å². The third-order valence-corrected chi connectivity index (χ3v) is 6.73. The van der Waals surface area contributed by atoms with Gasteiger partial charge in [0.05, 0.1) is 17.8 Å². The monoisotopic (exact) mass is 447 g/mol. The van der Waals surface area contributed by atoms with E-state index >= 15 is 0 Å². The molecule has 6 nitrogen and oxygen atoms in total. The van der Waals surface area contributed by atoms with Crippen LogP contribution in [-0.4, -0.2) is 66.4 Å². The fourth-order valence-electron chi connectivity index (χ4n) is 4.30. The van der Waals surface area contributed by atoms with Gasteiger partial charge in [0, 0.05) is 31.1 Å². The molecule has 2 aromatic rings. The van der Waals surface area contributed by atoms with Crippen molar-refractivity contribution in [1.82, 2.24) is 14.8 Å². The second kappa shape index (κ2) is 11.8. The number of benzene rings is 1. The molecule has 1 aromatic heterocycles. The van der Waals surface area contributed by atoms with E-state index < -0.39 is 6.10 Å². The molecule has 0 amide bonds. The summed E-state index contributed by atoms with van der Waals surface area (Å²) < 4.78 is 11.5. The van der Waals surface area contributed by atoms with Gasteiger partial charge in [-0.15, -0.1) is 11.3 Å². The third-order valence-electron chi connectivity index (χ3n) is 5.91. The van der Waals surface area contributed by atoms with Crippen LogP contribution < -0.4 is 9.47 Å². The van der Waals surface area contributed by atoms with E-state index in [9.17, 15) is 5.11 Å². The summed E-state index contributed by atoms with van der Waals surface area (Å²) in [6, 6.07) is 6.59. The van der Waals surface area contributed by atoms with E-state index in [1.54, 1.807) is 18.4 Å². The number of likely N-dealkylation sites (N-methyl/N-ethyl adjacent to an activating group) is 1. The topological polar surface area (TPSA) is 58.1 Å². The number of hydrogen-bond acceptors (Lipinski definition) is 7. The lowest BCUT2D eigenvalue weighted by atomic mass is 9.94. The van der Waals surface area contributed by atoms with Crippen molar-refractivity contribution in [3.63, 3.8) is 0 Å². The number of aliphatic hydroxyl groups is 1. The van der Waals surface area contributed by atoms with Gasteiger partial charge in [0.1, 0.15) is 12.7 Å². The van der Waals surface area contributed by atoms with Crippen LogP contribution in [0.5, 0.6) is 11.5 Å². The molecule has 0 spiro atoms. The Morgan fingerprint density at radius 2 is 1.94 bits per heavy atom. The third kappa shape index (κ3) is 7.45. The van der Waals surface area contributed by atoms with Crippen LogP contribution in [-0.2, 0) is 13.1 Å². The molecule has 0 radical (unpaired) electrons. The number of nitrogens with zero attached hydrogens (tertiary/aromatic N) is 3. The van der Waals surface area contributed by atoms with Crippen molar-refractivity contribution in [2.75, 3.05) is 34.4 Å². The van der Waals surface area contributed by atoms with Gasteiger partial charge < -0.3 is 19.5 Å². The molecule has 1 fully saturated rings. The van der Waals surface area contributed by atoms with Gasteiger partial charge >= 0.3 is 0 Å². The Morgan fingerprint density at radius 1 is 1.16 bits per heavy atom. The summed E-state index contributed by atoms with van der Waals surface area (Å²) in [5.41, 5.74) is 2.25. The molecule has 0 saturated heterocycles. The summed E-state index contributed by atoms with van der Waals surface area (Å²) in [7, 11) is 5.85. The highest BCUT2D eigenvalue weighted by atomic mass is 32.1. The highest BCUT2D eigenvalue weighted by Crippen LogP contribution is 2.29. The van der Waals surface area contributed by atoms with Gasteiger partial charge in [-0.05, 0) is 51.6 Å². The normalized spacial score (nSPS) is 16.1. The van der Waals surface area contributed by atoms with Crippen LogP contribution in [0.3, 0.4) is 0 Å². The number of aryl methyl sites for hydroxylation is 1. The molecule has 0 aliphatic heterocycles. The quantitative estimate of drug-likeness (QED) is 0.560. The summed E-state index contributed by atoms with van der Waals surface area (Å²) in [6.45, 7) is 4.53. The maximum absolute atomic E-state index is 10.5. The van der Waals surface area contributed by atoms with Gasteiger partial charge in [0.2, 0.25) is 0 Å². The Morgan fingerprint density at radius 3 is 2.61 bits per heavy atom. The van der Waals surface area contributed by atoms with Crippen molar-refractivity contribution in [3.8, 4) is 11.5 Å². The van der Waals surface area contributed by atoms with Crippen molar-refractivity contribution in [1.29, 1.82) is 0 Å². The number of rotatable bonds is 11. The summed E-state index contributed by atoms with van der Waals surface area (Å²) in [4.78, 5) is 9.05. The largest absolute Gasteiger partial charge is 0.493 e. The van der Waals surface area contributed by atoms with Crippen LogP contribution in [0.15, 0.2) is 23.6 Å². The molecule has 1 N–H and O–H groups in total. The molecule has 1 unspecified atom stereocenters. The van der Waals surface area contributed by atoms with Gasteiger partial charge in [-0.3, -0.25) is 4.90 Å². The van der Waals surface area contributed by atoms with Crippen LogP contribution in [0.4, 0.5) is 0 Å². The van der Waals surface area contributed by atoms with E-state index in [4.69, 9.17) is 9.47 Å². The molecule has 1 heterocycles. The van der Waals surface area contributed by atoms with Crippen molar-refractivity contribution in [2.24, 2.45) is 0 Å². The average Bonchev–Trinajstić information content (AvgIpc) is 3.17. The van der Waals surface area contributed by atoms with E-state index in [1.165, 1.54) is 32.1 Å². The fourth-order valence-corrected chi connectivity index (χ4v) is 4.90. The fraction of sp³-hybridized carbons (Fsp3) is 0.625. The smallest absolute Gasteiger partial charge is 0.161 e. The van der Waals surface area contributed by atoms with E-state index in [0.717, 1.165) is 29.4 Å². The number of hydrogen-bond donors (Lipinski definition) is 1. The average molecular weight is 448 g/mol. The molecule has 7 heteroatoms. The van der Waals surface area contributed by atoms with Crippen LogP contribution in [0.25, 0.3) is 0 Å². The molecule has 172 valence electrons. The van der Waals surface area contributed by atoms with Gasteiger partial charge in [-0.1, -0.05) is 25.3 Å². The predicted octanol–water partition coefficient (Wildman–Crippen LogP) is 4.10. The number of aliphatic hydroxyl groups excluding tert-OH is 1. The van der Waals surface area contributed by atoms with E-state index in [2.05, 4.69) is 40.3 Å². The van der Waals surface area contributed by atoms with E-state index in [1.807, 2.05) is 19.1 Å². The van der Waals surface area contributed by atoms with Crippen LogP contribution in [0.1, 0.15) is 48.4 Å². The summed E-state index contributed by atoms with van der Waals surface area (Å²) in [5, 5.41) is 13.7. The van der Waals surface area contributed by atoms with Gasteiger partial charge in [-0.2, -0.15) is 0 Å². The minimum Gasteiger partial charge on any atom is -0.493 e. The molecule has 1 atom stereocenters. The summed E-state index contributed by atoms with van der Waals surface area (Å²) in [5.74, 6) is 1.37. The number of methoxy groups -OCH3 is 1. The minimum atomic E-state index is -0.524. The second-order valence-electron chi connectivity index (χ2n) is 8.71. The zero-order valence-corrected chi connectivity index (χ0v) is 20.2. The first-order valence-electron chi connectivity index (χ1n) is 11.2. The molecule has 1 aromatic carbocycles. The number of thiazole rings is 1. The lowest BCUT2D eigenvalue weighted by Crippen LogP contribution is -2.40. The Kier molecular flexibility index (Phi) is 9.14. The summed E-state index contributed by atoms with van der Waals surface area (Å²) >= 11 is 1.68. The SMILES string of the molecule is COc1cc(CN(C)Cc2csc(C)n2)ccc1OCC(O)CN(C)C1CCCCC1. The molecule has 3 rings (SSSR count). The Bertz CT molecular complexity index is 807. The molecule has 0 bridgehead atoms. The first-order chi connectivity index (χ1) is 14.9. The van der Waals surface area contributed by atoms with Crippen molar-refractivity contribution >= 4 is 11.3 Å². The zero-order valence-electron chi connectivity index (χ0n) is 19.3. The van der Waals surface area contributed by atoms with Crippen molar-refractivity contribution < 1.29 is 14.6 Å². The second-order valence-corrected chi connectivity index (χ2v) is 9.77. The maximum Gasteiger partial charge on any atom is 0.161 e. The maximum atomic E-state index is 10.5. The van der Waals surface area contributed by atoms with Crippen LogP contribution >= 0.6 is 11.3 Å². The van der Waals surface area contributed by atoms with Gasteiger partial charge in [0.15, 0.2) is 11.5 Å². The molecule has 1 aliphatic rings. The van der Waals surface area contributed by atoms with E-state index in [0.29, 0.717) is 24.1 Å². The lowest BCUT2D eigenvalue weighted by molar-refractivity contribution is 0.0553. The Labute approximate surface area is 190 Å². The van der Waals surface area contributed by atoms with Gasteiger partial charge in [-0.25, -0.2) is 4.98 Å². The first-order valence-corrected chi connectivity index (χ1v) is 12.1. The summed E-state index contributed by atoms with van der Waals surface area (Å²) in [6.07, 6.45) is 5.87. The molecule has 1 saturated carbocycles. The standard InChI is InChI=1S/C24H37N3O3S/c1-18-25-20(17-31-18)14-26(2)13-19-10-11-23(24(12-19)29-4)30-16-22(28)15-27(3)21-8-6-5-7-9-21/h10-12,17,21-22,28H,5-9,13-16H2,1-4H3. The molecule has 31 heavy (non-hydrogen) atoms. The Balaban J connectivity index is 1.49. The first kappa shape index (κ1) is 24.0. The zero-order chi connectivity index (χ0) is 22.2. The van der Waals surface area contributed by atoms with Gasteiger partial charge in [0.25, 0.3) is 0 Å². The molecule has 1 aliphatic carbocycles. The molecular formula is C24H37N3O3S.